The Kier molecular flexibility index (Phi) is 5.41. The number of rotatable bonds is 6. The Balaban J connectivity index is 1.92. The van der Waals surface area contributed by atoms with Crippen LogP contribution in [0.4, 0.5) is 5.69 Å². The Hall–Kier alpha value is -1.55. The standard InChI is InChI=1S/C16H24N2O2/c1-2-10-20-16(19)12-6-8-14(9-7-12)18-15-5-3-4-13(15)11-17/h6-9,13,15,18H,2-5,10-11,17H2,1H3. The third-order valence-corrected chi connectivity index (χ3v) is 3.87. The number of esters is 1. The minimum atomic E-state index is -0.251. The molecule has 0 saturated heterocycles. The van der Waals surface area contributed by atoms with Gasteiger partial charge >= 0.3 is 5.97 Å². The lowest BCUT2D eigenvalue weighted by atomic mass is 10.0. The van der Waals surface area contributed by atoms with E-state index in [2.05, 4.69) is 5.32 Å². The summed E-state index contributed by atoms with van der Waals surface area (Å²) in [7, 11) is 0. The molecule has 0 bridgehead atoms. The molecule has 0 heterocycles. The van der Waals surface area contributed by atoms with Crippen LogP contribution in [-0.4, -0.2) is 25.2 Å². The maximum Gasteiger partial charge on any atom is 0.338 e. The topological polar surface area (TPSA) is 64.3 Å². The van der Waals surface area contributed by atoms with Crippen LogP contribution in [0.3, 0.4) is 0 Å². The summed E-state index contributed by atoms with van der Waals surface area (Å²) in [5.41, 5.74) is 7.43. The molecule has 2 atom stereocenters. The van der Waals surface area contributed by atoms with Gasteiger partial charge in [-0.1, -0.05) is 13.3 Å². The van der Waals surface area contributed by atoms with Gasteiger partial charge in [-0.15, -0.1) is 0 Å². The first-order chi connectivity index (χ1) is 9.74. The van der Waals surface area contributed by atoms with Crippen LogP contribution in [0.25, 0.3) is 0 Å². The summed E-state index contributed by atoms with van der Waals surface area (Å²) < 4.78 is 5.11. The van der Waals surface area contributed by atoms with Crippen molar-refractivity contribution in [3.63, 3.8) is 0 Å². The van der Waals surface area contributed by atoms with E-state index in [0.717, 1.165) is 18.7 Å². The van der Waals surface area contributed by atoms with E-state index in [-0.39, 0.29) is 5.97 Å². The van der Waals surface area contributed by atoms with Gasteiger partial charge in [-0.05, 0) is 56.0 Å². The molecule has 0 amide bonds. The summed E-state index contributed by atoms with van der Waals surface area (Å²) in [5, 5.41) is 3.52. The molecule has 20 heavy (non-hydrogen) atoms. The Bertz CT molecular complexity index is 431. The zero-order chi connectivity index (χ0) is 14.4. The average molecular weight is 276 g/mol. The van der Waals surface area contributed by atoms with E-state index < -0.39 is 0 Å². The van der Waals surface area contributed by atoms with Gasteiger partial charge in [0.05, 0.1) is 12.2 Å². The fourth-order valence-electron chi connectivity index (χ4n) is 2.70. The van der Waals surface area contributed by atoms with Gasteiger partial charge in [0.15, 0.2) is 0 Å². The van der Waals surface area contributed by atoms with Gasteiger partial charge in [-0.25, -0.2) is 4.79 Å². The van der Waals surface area contributed by atoms with Crippen molar-refractivity contribution >= 4 is 11.7 Å². The Morgan fingerprint density at radius 3 is 2.75 bits per heavy atom. The van der Waals surface area contributed by atoms with Crippen LogP contribution >= 0.6 is 0 Å². The molecule has 1 saturated carbocycles. The van der Waals surface area contributed by atoms with Crippen LogP contribution in [0.1, 0.15) is 43.0 Å². The Morgan fingerprint density at radius 1 is 1.35 bits per heavy atom. The first kappa shape index (κ1) is 14.9. The highest BCUT2D eigenvalue weighted by Crippen LogP contribution is 2.27. The summed E-state index contributed by atoms with van der Waals surface area (Å²) in [4.78, 5) is 11.7. The van der Waals surface area contributed by atoms with Crippen molar-refractivity contribution < 1.29 is 9.53 Å². The van der Waals surface area contributed by atoms with E-state index in [1.54, 1.807) is 0 Å². The predicted molar refractivity (Wildman–Crippen MR) is 80.8 cm³/mol. The van der Waals surface area contributed by atoms with Gasteiger partial charge in [0, 0.05) is 11.7 Å². The van der Waals surface area contributed by atoms with Gasteiger partial charge < -0.3 is 15.8 Å². The van der Waals surface area contributed by atoms with Crippen molar-refractivity contribution in [1.82, 2.24) is 0 Å². The van der Waals surface area contributed by atoms with Crippen LogP contribution in [0.5, 0.6) is 0 Å². The molecule has 4 nitrogen and oxygen atoms in total. The molecule has 3 N–H and O–H groups in total. The monoisotopic (exact) mass is 276 g/mol. The fraction of sp³-hybridized carbons (Fsp3) is 0.562. The molecule has 2 rings (SSSR count). The number of benzene rings is 1. The lowest BCUT2D eigenvalue weighted by Gasteiger charge is -2.20. The van der Waals surface area contributed by atoms with Crippen LogP contribution in [0.2, 0.25) is 0 Å². The molecular weight excluding hydrogens is 252 g/mol. The van der Waals surface area contributed by atoms with Gasteiger partial charge in [0.25, 0.3) is 0 Å². The maximum absolute atomic E-state index is 11.7. The summed E-state index contributed by atoms with van der Waals surface area (Å²) in [5.74, 6) is 0.309. The zero-order valence-corrected chi connectivity index (χ0v) is 12.1. The second-order valence-electron chi connectivity index (χ2n) is 5.39. The Labute approximate surface area is 120 Å². The third-order valence-electron chi connectivity index (χ3n) is 3.87. The van der Waals surface area contributed by atoms with Crippen molar-refractivity contribution in [2.24, 2.45) is 11.7 Å². The van der Waals surface area contributed by atoms with E-state index in [1.165, 1.54) is 19.3 Å². The van der Waals surface area contributed by atoms with E-state index in [9.17, 15) is 4.79 Å². The van der Waals surface area contributed by atoms with E-state index in [1.807, 2.05) is 31.2 Å². The molecule has 0 radical (unpaired) electrons. The molecule has 0 aliphatic heterocycles. The summed E-state index contributed by atoms with van der Waals surface area (Å²) in [6, 6.07) is 7.96. The molecule has 0 aromatic heterocycles. The van der Waals surface area contributed by atoms with Gasteiger partial charge in [-0.3, -0.25) is 0 Å². The summed E-state index contributed by atoms with van der Waals surface area (Å²) in [6.45, 7) is 3.19. The number of nitrogens with one attached hydrogen (secondary N) is 1. The molecule has 110 valence electrons. The number of carbonyl (C=O) groups is 1. The average Bonchev–Trinajstić information content (AvgIpc) is 2.92. The first-order valence-electron chi connectivity index (χ1n) is 7.48. The molecule has 1 aromatic carbocycles. The normalized spacial score (nSPS) is 21.7. The summed E-state index contributed by atoms with van der Waals surface area (Å²) in [6.07, 6.45) is 4.45. The van der Waals surface area contributed by atoms with Crippen molar-refractivity contribution in [2.45, 2.75) is 38.6 Å². The smallest absolute Gasteiger partial charge is 0.338 e. The lowest BCUT2D eigenvalue weighted by molar-refractivity contribution is 0.0505. The highest BCUT2D eigenvalue weighted by Gasteiger charge is 2.25. The number of hydrogen-bond donors (Lipinski definition) is 2. The van der Waals surface area contributed by atoms with Gasteiger partial charge in [0.1, 0.15) is 0 Å². The molecule has 1 fully saturated rings. The molecule has 4 heteroatoms. The second kappa shape index (κ2) is 7.29. The van der Waals surface area contributed by atoms with Crippen LogP contribution in [-0.2, 0) is 4.74 Å². The largest absolute Gasteiger partial charge is 0.462 e. The van der Waals surface area contributed by atoms with Crippen molar-refractivity contribution in [3.8, 4) is 0 Å². The van der Waals surface area contributed by atoms with Crippen molar-refractivity contribution in [1.29, 1.82) is 0 Å². The number of nitrogens with two attached hydrogens (primary N) is 1. The fourth-order valence-corrected chi connectivity index (χ4v) is 2.70. The highest BCUT2D eigenvalue weighted by molar-refractivity contribution is 5.89. The number of hydrogen-bond acceptors (Lipinski definition) is 4. The van der Waals surface area contributed by atoms with Gasteiger partial charge in [-0.2, -0.15) is 0 Å². The second-order valence-corrected chi connectivity index (χ2v) is 5.39. The van der Waals surface area contributed by atoms with Crippen molar-refractivity contribution in [3.05, 3.63) is 29.8 Å². The molecule has 1 aliphatic rings. The Morgan fingerprint density at radius 2 is 2.10 bits per heavy atom. The summed E-state index contributed by atoms with van der Waals surface area (Å²) >= 11 is 0. The molecule has 0 spiro atoms. The van der Waals surface area contributed by atoms with Crippen LogP contribution < -0.4 is 11.1 Å². The van der Waals surface area contributed by atoms with Gasteiger partial charge in [0.2, 0.25) is 0 Å². The number of carbonyl (C=O) groups excluding carboxylic acids is 1. The predicted octanol–water partition coefficient (Wildman–Crippen LogP) is 2.79. The number of anilines is 1. The molecular formula is C16H24N2O2. The van der Waals surface area contributed by atoms with E-state index in [4.69, 9.17) is 10.5 Å². The maximum atomic E-state index is 11.7. The minimum absolute atomic E-state index is 0.251. The molecule has 2 unspecified atom stereocenters. The van der Waals surface area contributed by atoms with Crippen LogP contribution in [0.15, 0.2) is 24.3 Å². The molecule has 1 aliphatic carbocycles. The lowest BCUT2D eigenvalue weighted by Crippen LogP contribution is -2.29. The highest BCUT2D eigenvalue weighted by atomic mass is 16.5. The minimum Gasteiger partial charge on any atom is -0.462 e. The van der Waals surface area contributed by atoms with E-state index >= 15 is 0 Å². The van der Waals surface area contributed by atoms with Crippen molar-refractivity contribution in [2.75, 3.05) is 18.5 Å². The number of ether oxygens (including phenoxy) is 1. The van der Waals surface area contributed by atoms with E-state index in [0.29, 0.717) is 24.1 Å². The van der Waals surface area contributed by atoms with Crippen LogP contribution in [0, 0.1) is 5.92 Å². The first-order valence-corrected chi connectivity index (χ1v) is 7.48. The SMILES string of the molecule is CCCOC(=O)c1ccc(NC2CCCC2CN)cc1. The zero-order valence-electron chi connectivity index (χ0n) is 12.1. The third kappa shape index (κ3) is 3.73. The molecule has 1 aromatic rings. The quantitative estimate of drug-likeness (QED) is 0.784.